The van der Waals surface area contributed by atoms with E-state index in [1.54, 1.807) is 18.5 Å². The van der Waals surface area contributed by atoms with Gasteiger partial charge in [0.1, 0.15) is 5.75 Å². The third-order valence-corrected chi connectivity index (χ3v) is 4.86. The van der Waals surface area contributed by atoms with Crippen molar-refractivity contribution in [1.29, 1.82) is 0 Å². The van der Waals surface area contributed by atoms with Gasteiger partial charge >= 0.3 is 0 Å². The fourth-order valence-electron chi connectivity index (χ4n) is 3.25. The van der Waals surface area contributed by atoms with Crippen LogP contribution in [0.2, 0.25) is 0 Å². The Morgan fingerprint density at radius 1 is 1.12 bits per heavy atom. The molecule has 0 spiro atoms. The van der Waals surface area contributed by atoms with Crippen molar-refractivity contribution < 1.29 is 9.84 Å². The number of H-pyrrole nitrogens is 1. The number of hydrogen-bond donors (Lipinski definition) is 2. The molecule has 2 N–H and O–H groups in total. The van der Waals surface area contributed by atoms with Gasteiger partial charge in [0.2, 0.25) is 0 Å². The maximum atomic E-state index is 10.4. The van der Waals surface area contributed by atoms with Gasteiger partial charge in [0.25, 0.3) is 0 Å². The largest absolute Gasteiger partial charge is 0.507 e. The Balaban J connectivity index is 1.55. The fraction of sp³-hybridized carbons (Fsp3) is 0.316. The van der Waals surface area contributed by atoms with Crippen LogP contribution in [0.25, 0.3) is 22.4 Å². The topological polar surface area (TPSA) is 87.2 Å². The minimum atomic E-state index is 0.170. The van der Waals surface area contributed by atoms with Crippen LogP contribution < -0.4 is 4.90 Å². The van der Waals surface area contributed by atoms with Crippen molar-refractivity contribution >= 4 is 5.82 Å². The van der Waals surface area contributed by atoms with Crippen LogP contribution in [0.4, 0.5) is 5.82 Å². The number of nitrogens with one attached hydrogen (secondary N) is 1. The van der Waals surface area contributed by atoms with Crippen LogP contribution in [0.1, 0.15) is 12.8 Å². The maximum Gasteiger partial charge on any atom is 0.151 e. The Bertz CT molecular complexity index is 858. The summed E-state index contributed by atoms with van der Waals surface area (Å²) in [5.41, 5.74) is 3.12. The van der Waals surface area contributed by atoms with Gasteiger partial charge in [-0.2, -0.15) is 5.10 Å². The number of phenols is 1. The Kier molecular flexibility index (Phi) is 4.53. The zero-order valence-electron chi connectivity index (χ0n) is 14.6. The van der Waals surface area contributed by atoms with Gasteiger partial charge in [-0.05, 0) is 42.7 Å². The minimum absolute atomic E-state index is 0.170. The van der Waals surface area contributed by atoms with E-state index in [1.165, 1.54) is 0 Å². The van der Waals surface area contributed by atoms with Crippen LogP contribution in [0, 0.1) is 0 Å². The first-order valence-corrected chi connectivity index (χ1v) is 8.69. The molecular weight excluding hydrogens is 330 g/mol. The van der Waals surface area contributed by atoms with Crippen LogP contribution in [0.5, 0.6) is 5.75 Å². The first-order chi connectivity index (χ1) is 12.7. The van der Waals surface area contributed by atoms with Crippen molar-refractivity contribution in [2.75, 3.05) is 25.2 Å². The highest BCUT2D eigenvalue weighted by Crippen LogP contribution is 2.32. The summed E-state index contributed by atoms with van der Waals surface area (Å²) < 4.78 is 5.42. The lowest BCUT2D eigenvalue weighted by molar-refractivity contribution is 0.0853. The van der Waals surface area contributed by atoms with Crippen molar-refractivity contribution in [1.82, 2.24) is 20.4 Å². The van der Waals surface area contributed by atoms with E-state index >= 15 is 0 Å². The molecule has 0 amide bonds. The van der Waals surface area contributed by atoms with Gasteiger partial charge in [0, 0.05) is 43.6 Å². The molecule has 1 aromatic carbocycles. The molecule has 1 saturated heterocycles. The lowest BCUT2D eigenvalue weighted by Gasteiger charge is -2.31. The summed E-state index contributed by atoms with van der Waals surface area (Å²) in [6.07, 6.45) is 5.50. The Morgan fingerprint density at radius 3 is 2.62 bits per heavy atom. The van der Waals surface area contributed by atoms with E-state index in [0.29, 0.717) is 17.3 Å². The molecule has 1 aliphatic heterocycles. The predicted octanol–water partition coefficient (Wildman–Crippen LogP) is 2.85. The van der Waals surface area contributed by atoms with E-state index < -0.39 is 0 Å². The highest BCUT2D eigenvalue weighted by Gasteiger charge is 2.20. The molecule has 1 fully saturated rings. The lowest BCUT2D eigenvalue weighted by Crippen LogP contribution is -2.37. The third kappa shape index (κ3) is 3.25. The fourth-order valence-corrected chi connectivity index (χ4v) is 3.25. The average Bonchev–Trinajstić information content (AvgIpc) is 3.23. The monoisotopic (exact) mass is 351 g/mol. The summed E-state index contributed by atoms with van der Waals surface area (Å²) >= 11 is 0. The van der Waals surface area contributed by atoms with Gasteiger partial charge in [0.05, 0.1) is 11.9 Å². The van der Waals surface area contributed by atoms with Gasteiger partial charge in [0.15, 0.2) is 5.82 Å². The number of anilines is 1. The smallest absolute Gasteiger partial charge is 0.151 e. The first kappa shape index (κ1) is 16.5. The summed E-state index contributed by atoms with van der Waals surface area (Å²) in [6, 6.07) is 9.76. The van der Waals surface area contributed by atoms with Crippen LogP contribution in [-0.4, -0.2) is 51.8 Å². The van der Waals surface area contributed by atoms with Gasteiger partial charge in [-0.1, -0.05) is 6.07 Å². The van der Waals surface area contributed by atoms with Crippen molar-refractivity contribution in [3.63, 3.8) is 0 Å². The number of hydrogen-bond acceptors (Lipinski definition) is 6. The molecule has 2 aromatic heterocycles. The molecule has 7 nitrogen and oxygen atoms in total. The van der Waals surface area contributed by atoms with Crippen LogP contribution in [0.3, 0.4) is 0 Å². The predicted molar refractivity (Wildman–Crippen MR) is 99.0 cm³/mol. The molecule has 0 bridgehead atoms. The molecule has 26 heavy (non-hydrogen) atoms. The number of ether oxygens (including phenoxy) is 1. The second kappa shape index (κ2) is 7.13. The first-order valence-electron chi connectivity index (χ1n) is 8.69. The molecule has 3 heterocycles. The van der Waals surface area contributed by atoms with Crippen molar-refractivity contribution in [3.8, 4) is 28.1 Å². The SMILES string of the molecule is CN(c1ccc(-c2ccc(-c3cn[nH]c3)cc2O)nn1)C1CCOCC1. The molecule has 3 aromatic rings. The maximum absolute atomic E-state index is 10.4. The van der Waals surface area contributed by atoms with E-state index in [1.807, 2.05) is 31.3 Å². The van der Waals surface area contributed by atoms with Gasteiger partial charge < -0.3 is 14.7 Å². The number of aromatic nitrogens is 4. The number of phenolic OH excluding ortho intramolecular Hbond substituents is 1. The zero-order chi connectivity index (χ0) is 17.9. The minimum Gasteiger partial charge on any atom is -0.507 e. The Labute approximate surface area is 151 Å². The highest BCUT2D eigenvalue weighted by molar-refractivity contribution is 5.73. The second-order valence-electron chi connectivity index (χ2n) is 6.45. The molecule has 0 atom stereocenters. The van der Waals surface area contributed by atoms with E-state index in [4.69, 9.17) is 4.74 Å². The number of nitrogens with zero attached hydrogens (tertiary/aromatic N) is 4. The van der Waals surface area contributed by atoms with Crippen LogP contribution in [-0.2, 0) is 4.74 Å². The Hall–Kier alpha value is -2.93. The van der Waals surface area contributed by atoms with E-state index in [2.05, 4.69) is 25.3 Å². The highest BCUT2D eigenvalue weighted by atomic mass is 16.5. The normalized spacial score (nSPS) is 15.1. The molecule has 4 rings (SSSR count). The molecular formula is C19H21N5O2. The molecule has 0 radical (unpaired) electrons. The standard InChI is InChI=1S/C19H21N5O2/c1-24(15-6-8-26-9-7-15)19-5-4-17(22-23-19)16-3-2-13(10-18(16)25)14-11-20-21-12-14/h2-5,10-12,15,25H,6-9H2,1H3,(H,20,21). The van der Waals surface area contributed by atoms with Crippen molar-refractivity contribution in [3.05, 3.63) is 42.7 Å². The molecule has 0 aliphatic carbocycles. The molecule has 134 valence electrons. The van der Waals surface area contributed by atoms with Crippen molar-refractivity contribution in [2.24, 2.45) is 0 Å². The van der Waals surface area contributed by atoms with Gasteiger partial charge in [-0.15, -0.1) is 10.2 Å². The van der Waals surface area contributed by atoms with Gasteiger partial charge in [-0.3, -0.25) is 5.10 Å². The summed E-state index contributed by atoms with van der Waals surface area (Å²) in [7, 11) is 2.04. The summed E-state index contributed by atoms with van der Waals surface area (Å²) in [6.45, 7) is 1.58. The van der Waals surface area contributed by atoms with E-state index in [-0.39, 0.29) is 5.75 Å². The molecule has 7 heteroatoms. The number of aromatic hydroxyl groups is 1. The summed E-state index contributed by atoms with van der Waals surface area (Å²) in [5.74, 6) is 0.999. The lowest BCUT2D eigenvalue weighted by atomic mass is 10.0. The summed E-state index contributed by atoms with van der Waals surface area (Å²) in [5, 5.41) is 25.8. The Morgan fingerprint density at radius 2 is 1.96 bits per heavy atom. The quantitative estimate of drug-likeness (QED) is 0.752. The second-order valence-corrected chi connectivity index (χ2v) is 6.45. The summed E-state index contributed by atoms with van der Waals surface area (Å²) in [4.78, 5) is 2.15. The number of aromatic amines is 1. The van der Waals surface area contributed by atoms with Crippen LogP contribution >= 0.6 is 0 Å². The molecule has 1 aliphatic rings. The van der Waals surface area contributed by atoms with Crippen LogP contribution in [0.15, 0.2) is 42.7 Å². The zero-order valence-corrected chi connectivity index (χ0v) is 14.6. The third-order valence-electron chi connectivity index (χ3n) is 4.86. The van der Waals surface area contributed by atoms with E-state index in [9.17, 15) is 5.11 Å². The number of benzene rings is 1. The molecule has 0 unspecified atom stereocenters. The van der Waals surface area contributed by atoms with Crippen molar-refractivity contribution in [2.45, 2.75) is 18.9 Å². The van der Waals surface area contributed by atoms with Gasteiger partial charge in [-0.25, -0.2) is 0 Å². The number of rotatable bonds is 4. The molecule has 0 saturated carbocycles. The average molecular weight is 351 g/mol. The van der Waals surface area contributed by atoms with E-state index in [0.717, 1.165) is 43.0 Å².